The van der Waals surface area contributed by atoms with Crippen LogP contribution in [-0.2, 0) is 24.5 Å². The fourth-order valence-electron chi connectivity index (χ4n) is 3.28. The summed E-state index contributed by atoms with van der Waals surface area (Å²) < 4.78 is 10.7. The lowest BCUT2D eigenvalue weighted by Gasteiger charge is -2.22. The van der Waals surface area contributed by atoms with Crippen molar-refractivity contribution in [3.63, 3.8) is 0 Å². The number of aryl methyl sites for hydroxylation is 1. The third-order valence-electron chi connectivity index (χ3n) is 5.44. The Hall–Kier alpha value is -2.81. The zero-order valence-electron chi connectivity index (χ0n) is 21.4. The van der Waals surface area contributed by atoms with E-state index in [9.17, 15) is 9.59 Å². The van der Waals surface area contributed by atoms with E-state index in [-0.39, 0.29) is 29.0 Å². The van der Waals surface area contributed by atoms with E-state index in [1.54, 1.807) is 20.8 Å². The second kappa shape index (κ2) is 12.8. The second-order valence-corrected chi connectivity index (χ2v) is 9.07. The zero-order chi connectivity index (χ0) is 26.2. The summed E-state index contributed by atoms with van der Waals surface area (Å²) in [5, 5.41) is 6.15. The van der Waals surface area contributed by atoms with E-state index in [4.69, 9.17) is 21.1 Å². The first-order chi connectivity index (χ1) is 16.5. The summed E-state index contributed by atoms with van der Waals surface area (Å²) in [4.78, 5) is 34.0. The van der Waals surface area contributed by atoms with Crippen molar-refractivity contribution < 1.29 is 19.1 Å². The Morgan fingerprint density at radius 2 is 1.54 bits per heavy atom. The maximum atomic E-state index is 12.7. The number of ether oxygens (including phenoxy) is 2. The van der Waals surface area contributed by atoms with Crippen molar-refractivity contribution in [3.05, 3.63) is 52.2 Å². The molecule has 9 heteroatoms. The first-order valence-corrected chi connectivity index (χ1v) is 12.0. The molecule has 1 aromatic heterocycles. The highest BCUT2D eigenvalue weighted by atomic mass is 35.5. The molecule has 1 aromatic carbocycles. The highest BCUT2D eigenvalue weighted by Gasteiger charge is 2.21. The number of carbonyl (C=O) groups is 2. The van der Waals surface area contributed by atoms with Crippen molar-refractivity contribution in [1.29, 1.82) is 0 Å². The summed E-state index contributed by atoms with van der Waals surface area (Å²) >= 11 is 6.04. The van der Waals surface area contributed by atoms with Gasteiger partial charge in [-0.1, -0.05) is 49.7 Å². The zero-order valence-corrected chi connectivity index (χ0v) is 22.2. The van der Waals surface area contributed by atoms with Gasteiger partial charge in [0.2, 0.25) is 5.95 Å². The van der Waals surface area contributed by atoms with Crippen LogP contribution in [0.4, 0.5) is 11.8 Å². The van der Waals surface area contributed by atoms with Crippen LogP contribution in [0.25, 0.3) is 6.08 Å². The summed E-state index contributed by atoms with van der Waals surface area (Å²) in [5.74, 6) is -0.376. The highest BCUT2D eigenvalue weighted by molar-refractivity contribution is 6.30. The molecule has 0 aliphatic carbocycles. The summed E-state index contributed by atoms with van der Waals surface area (Å²) in [5.41, 5.74) is 1.94. The van der Waals surface area contributed by atoms with Crippen LogP contribution >= 0.6 is 11.6 Å². The number of allylic oxidation sites excluding steroid dienone is 1. The number of carbonyl (C=O) groups excluding carboxylic acids is 2. The molecule has 0 fully saturated rings. The predicted molar refractivity (Wildman–Crippen MR) is 140 cm³/mol. The molecule has 2 rings (SSSR count). The molecule has 0 bridgehead atoms. The number of aromatic nitrogens is 2. The van der Waals surface area contributed by atoms with Crippen LogP contribution in [0.15, 0.2) is 30.3 Å². The molecule has 2 unspecified atom stereocenters. The normalized spacial score (nSPS) is 13.5. The topological polar surface area (TPSA) is 102 Å². The number of hydrogen-bond acceptors (Lipinski definition) is 6. The molecule has 0 saturated heterocycles. The molecule has 2 aromatic rings. The van der Waals surface area contributed by atoms with Gasteiger partial charge in [0, 0.05) is 29.2 Å². The Kier molecular flexibility index (Phi) is 10.4. The number of rotatable bonds is 11. The molecule has 0 aliphatic heterocycles. The van der Waals surface area contributed by atoms with Crippen LogP contribution in [0.1, 0.15) is 58.4 Å². The summed E-state index contributed by atoms with van der Waals surface area (Å²) in [6, 6.07) is 7.64. The Morgan fingerprint density at radius 3 is 2.09 bits per heavy atom. The molecule has 2 atom stereocenters. The van der Waals surface area contributed by atoms with Crippen LogP contribution in [0.2, 0.25) is 5.02 Å². The van der Waals surface area contributed by atoms with Gasteiger partial charge in [0.05, 0.1) is 5.69 Å². The molecule has 0 saturated carbocycles. The van der Waals surface area contributed by atoms with E-state index in [1.807, 2.05) is 50.3 Å². The van der Waals surface area contributed by atoms with Crippen molar-refractivity contribution >= 4 is 41.3 Å². The highest BCUT2D eigenvalue weighted by Crippen LogP contribution is 2.29. The minimum absolute atomic E-state index is 0.0764. The molecule has 2 N–H and O–H groups in total. The third-order valence-corrected chi connectivity index (χ3v) is 5.69. The van der Waals surface area contributed by atoms with Gasteiger partial charge in [-0.25, -0.2) is 4.98 Å². The predicted octanol–water partition coefficient (Wildman–Crippen LogP) is 5.16. The van der Waals surface area contributed by atoms with Gasteiger partial charge in [0.15, 0.2) is 0 Å². The number of hydrogen-bond donors (Lipinski definition) is 2. The van der Waals surface area contributed by atoms with Gasteiger partial charge in [-0.15, -0.1) is 0 Å². The summed E-state index contributed by atoms with van der Waals surface area (Å²) in [6.07, 6.45) is 2.55. The van der Waals surface area contributed by atoms with Gasteiger partial charge in [-0.2, -0.15) is 4.98 Å². The summed E-state index contributed by atoms with van der Waals surface area (Å²) in [7, 11) is 0. The lowest BCUT2D eigenvalue weighted by Crippen LogP contribution is -2.30. The standard InChI is InChI=1S/C26H35ClN4O4/c1-8-34-17(4)23(32)29-22-21(14-15-26(6,7)19-10-12-20(27)13-11-19)16(3)28-25(30-22)31-24(33)18(5)35-9-2/h10-15,17-18H,8-9H2,1-7H3,(H2,28,29,30,31,32,33)/b15-14+. The Labute approximate surface area is 212 Å². The Bertz CT molecular complexity index is 1050. The number of benzene rings is 1. The molecule has 35 heavy (non-hydrogen) atoms. The molecule has 0 spiro atoms. The molecule has 8 nitrogen and oxygen atoms in total. The van der Waals surface area contributed by atoms with Gasteiger partial charge in [0.25, 0.3) is 11.8 Å². The average Bonchev–Trinajstić information content (AvgIpc) is 2.79. The van der Waals surface area contributed by atoms with Gasteiger partial charge < -0.3 is 14.8 Å². The quantitative estimate of drug-likeness (QED) is 0.440. The number of nitrogens with one attached hydrogen (secondary N) is 2. The first kappa shape index (κ1) is 28.4. The summed E-state index contributed by atoms with van der Waals surface area (Å²) in [6.45, 7) is 13.7. The van der Waals surface area contributed by atoms with Crippen molar-refractivity contribution in [1.82, 2.24) is 9.97 Å². The van der Waals surface area contributed by atoms with Crippen LogP contribution in [0, 0.1) is 6.92 Å². The molecular formula is C26H35ClN4O4. The Morgan fingerprint density at radius 1 is 1.00 bits per heavy atom. The van der Waals surface area contributed by atoms with Crippen LogP contribution < -0.4 is 10.6 Å². The Balaban J connectivity index is 2.43. The SMILES string of the molecule is CCOC(C)C(=O)Nc1nc(C)c(/C=C/C(C)(C)c2ccc(Cl)cc2)c(NC(=O)C(C)OCC)n1. The van der Waals surface area contributed by atoms with Gasteiger partial charge >= 0.3 is 0 Å². The monoisotopic (exact) mass is 502 g/mol. The van der Waals surface area contributed by atoms with Crippen molar-refractivity contribution in [3.8, 4) is 0 Å². The van der Waals surface area contributed by atoms with E-state index >= 15 is 0 Å². The van der Waals surface area contributed by atoms with Crippen molar-refractivity contribution in [2.45, 2.75) is 66.1 Å². The minimum atomic E-state index is -0.673. The fourth-order valence-corrected chi connectivity index (χ4v) is 3.41. The van der Waals surface area contributed by atoms with E-state index < -0.39 is 12.2 Å². The van der Waals surface area contributed by atoms with Crippen LogP contribution in [0.3, 0.4) is 0 Å². The van der Waals surface area contributed by atoms with Crippen molar-refractivity contribution in [2.75, 3.05) is 23.8 Å². The van der Waals surface area contributed by atoms with Crippen molar-refractivity contribution in [2.24, 2.45) is 0 Å². The largest absolute Gasteiger partial charge is 0.369 e. The van der Waals surface area contributed by atoms with Gasteiger partial charge in [-0.05, 0) is 52.3 Å². The lowest BCUT2D eigenvalue weighted by atomic mass is 9.84. The molecular weight excluding hydrogens is 468 g/mol. The van der Waals surface area contributed by atoms with Gasteiger partial charge in [0.1, 0.15) is 18.0 Å². The maximum Gasteiger partial charge on any atom is 0.255 e. The van der Waals surface area contributed by atoms with E-state index in [2.05, 4.69) is 34.4 Å². The molecule has 190 valence electrons. The van der Waals surface area contributed by atoms with E-state index in [1.165, 1.54) is 0 Å². The van der Waals surface area contributed by atoms with E-state index in [0.717, 1.165) is 5.56 Å². The number of anilines is 2. The first-order valence-electron chi connectivity index (χ1n) is 11.7. The average molecular weight is 503 g/mol. The van der Waals surface area contributed by atoms with Crippen LogP contribution in [-0.4, -0.2) is 47.2 Å². The minimum Gasteiger partial charge on any atom is -0.369 e. The fraction of sp³-hybridized carbons (Fsp3) is 0.462. The molecule has 2 amide bonds. The number of amides is 2. The second-order valence-electron chi connectivity index (χ2n) is 8.63. The maximum absolute atomic E-state index is 12.7. The van der Waals surface area contributed by atoms with E-state index in [0.29, 0.717) is 29.5 Å². The molecule has 0 radical (unpaired) electrons. The van der Waals surface area contributed by atoms with Gasteiger partial charge in [-0.3, -0.25) is 14.9 Å². The third kappa shape index (κ3) is 8.13. The smallest absolute Gasteiger partial charge is 0.255 e. The lowest BCUT2D eigenvalue weighted by molar-refractivity contribution is -0.126. The molecule has 0 aliphatic rings. The molecule has 1 heterocycles. The van der Waals surface area contributed by atoms with Crippen LogP contribution in [0.5, 0.6) is 0 Å². The number of halogens is 1. The number of nitrogens with zero attached hydrogens (tertiary/aromatic N) is 2.